The van der Waals surface area contributed by atoms with E-state index in [1.807, 2.05) is 0 Å². The van der Waals surface area contributed by atoms with Crippen LogP contribution in [-0.2, 0) is 15.6 Å². The molecule has 0 amide bonds. The van der Waals surface area contributed by atoms with E-state index < -0.39 is 22.0 Å². The lowest BCUT2D eigenvalue weighted by Gasteiger charge is -2.11. The molecule has 0 radical (unpaired) electrons. The molecule has 0 bridgehead atoms. The summed E-state index contributed by atoms with van der Waals surface area (Å²) in [6, 6.07) is 5.08. The molecule has 0 saturated carbocycles. The second-order valence-corrected chi connectivity index (χ2v) is 4.29. The molecular weight excluding hydrogens is 242 g/mol. The van der Waals surface area contributed by atoms with Gasteiger partial charge in [-0.05, 0) is 18.2 Å². The van der Waals surface area contributed by atoms with Gasteiger partial charge in [0.05, 0.1) is 7.11 Å². The van der Waals surface area contributed by atoms with Gasteiger partial charge in [0.1, 0.15) is 16.5 Å². The van der Waals surface area contributed by atoms with E-state index in [0.717, 1.165) is 12.1 Å². The molecule has 1 N–H and O–H groups in total. The van der Waals surface area contributed by atoms with Crippen LogP contribution in [0.5, 0.6) is 5.75 Å². The highest BCUT2D eigenvalue weighted by atomic mass is 32.2. The Kier molecular flexibility index (Phi) is 3.58. The summed E-state index contributed by atoms with van der Waals surface area (Å²) < 4.78 is 41.9. The molecule has 0 aliphatic rings. The summed E-state index contributed by atoms with van der Waals surface area (Å²) in [6.45, 7) is 0. The highest BCUT2D eigenvalue weighted by Crippen LogP contribution is 2.27. The molecule has 1 atom stereocenters. The second-order valence-electron chi connectivity index (χ2n) is 2.77. The molecule has 1 rings (SSSR count). The zero-order valence-corrected chi connectivity index (χ0v) is 8.96. The van der Waals surface area contributed by atoms with E-state index in [2.05, 4.69) is 0 Å². The summed E-state index contributed by atoms with van der Waals surface area (Å²) in [4.78, 5) is 9.92. The van der Waals surface area contributed by atoms with Gasteiger partial charge in [0.25, 0.3) is 0 Å². The van der Waals surface area contributed by atoms with Gasteiger partial charge < -0.3 is 9.84 Å². The molecule has 0 aliphatic carbocycles. The Morgan fingerprint density at radius 1 is 1.50 bits per heavy atom. The third kappa shape index (κ3) is 2.35. The molecular formula is C9H8F2O4S. The van der Waals surface area contributed by atoms with Gasteiger partial charge in [-0.15, -0.1) is 0 Å². The summed E-state index contributed by atoms with van der Waals surface area (Å²) in [7, 11) is -1.63. The summed E-state index contributed by atoms with van der Waals surface area (Å²) in [6.07, 6.45) is 0. The number of alkyl halides is 2. The highest BCUT2D eigenvalue weighted by molar-refractivity contribution is 7.87. The molecule has 88 valence electrons. The van der Waals surface area contributed by atoms with Crippen molar-refractivity contribution >= 4 is 16.8 Å². The van der Waals surface area contributed by atoms with E-state index in [1.165, 1.54) is 19.2 Å². The molecule has 7 heteroatoms. The largest absolute Gasteiger partial charge is 0.497 e. The first-order valence-corrected chi connectivity index (χ1v) is 5.21. The molecule has 0 fully saturated rings. The summed E-state index contributed by atoms with van der Waals surface area (Å²) in [5.74, 6) is -2.19. The van der Waals surface area contributed by atoms with Gasteiger partial charge in [0.15, 0.2) is 0 Å². The molecule has 0 aliphatic heterocycles. The lowest BCUT2D eigenvalue weighted by molar-refractivity contribution is -0.153. The maximum atomic E-state index is 12.9. The van der Waals surface area contributed by atoms with E-state index in [-0.39, 0.29) is 10.6 Å². The Morgan fingerprint density at radius 3 is 2.62 bits per heavy atom. The minimum absolute atomic E-state index is 0.229. The molecule has 1 aromatic rings. The fourth-order valence-corrected chi connectivity index (χ4v) is 1.82. The van der Waals surface area contributed by atoms with Crippen LogP contribution in [0.2, 0.25) is 0 Å². The number of hydrogen-bond acceptors (Lipinski definition) is 3. The first-order valence-electron chi connectivity index (χ1n) is 4.06. The first kappa shape index (κ1) is 12.6. The molecule has 0 heterocycles. The van der Waals surface area contributed by atoms with Crippen LogP contribution in [0.15, 0.2) is 29.2 Å². The zero-order valence-electron chi connectivity index (χ0n) is 8.15. The average Bonchev–Trinajstić information content (AvgIpc) is 2.27. The topological polar surface area (TPSA) is 63.6 Å². The van der Waals surface area contributed by atoms with E-state index in [9.17, 15) is 17.8 Å². The summed E-state index contributed by atoms with van der Waals surface area (Å²) >= 11 is 0. The van der Waals surface area contributed by atoms with Gasteiger partial charge in [-0.3, -0.25) is 0 Å². The predicted octanol–water partition coefficient (Wildman–Crippen LogP) is 1.48. The van der Waals surface area contributed by atoms with Gasteiger partial charge in [-0.2, -0.15) is 8.78 Å². The normalized spacial score (nSPS) is 13.2. The van der Waals surface area contributed by atoms with Crippen molar-refractivity contribution in [3.8, 4) is 5.75 Å². The average molecular weight is 250 g/mol. The molecule has 0 saturated heterocycles. The molecule has 16 heavy (non-hydrogen) atoms. The molecule has 4 nitrogen and oxygen atoms in total. The zero-order chi connectivity index (χ0) is 12.3. The molecule has 1 unspecified atom stereocenters. The third-order valence-electron chi connectivity index (χ3n) is 1.74. The number of methoxy groups -OCH3 is 1. The predicted molar refractivity (Wildman–Crippen MR) is 52.0 cm³/mol. The number of rotatable bonds is 4. The van der Waals surface area contributed by atoms with Crippen molar-refractivity contribution in [1.82, 2.24) is 0 Å². The van der Waals surface area contributed by atoms with Gasteiger partial charge in [0, 0.05) is 4.90 Å². The molecule has 1 aromatic carbocycles. The minimum Gasteiger partial charge on any atom is -0.497 e. The van der Waals surface area contributed by atoms with Crippen LogP contribution in [-0.4, -0.2) is 27.6 Å². The third-order valence-corrected chi connectivity index (χ3v) is 3.06. The second kappa shape index (κ2) is 4.56. The van der Waals surface area contributed by atoms with E-state index in [4.69, 9.17) is 9.84 Å². The number of hydrogen-bond donors (Lipinski definition) is 1. The standard InChI is InChI=1S/C9H8F2O4S/c1-15-6-3-2-4-7(5-6)16(14)9(10,11)8(12)13/h2-5H,1H3,(H,12,13). The Labute approximate surface area is 92.3 Å². The fraction of sp³-hybridized carbons (Fsp3) is 0.222. The number of carboxylic acid groups (broad SMARTS) is 1. The molecule has 0 spiro atoms. The highest BCUT2D eigenvalue weighted by Gasteiger charge is 2.46. The van der Waals surface area contributed by atoms with E-state index >= 15 is 0 Å². The lowest BCUT2D eigenvalue weighted by Crippen LogP contribution is -2.33. The number of halogens is 2. The first-order chi connectivity index (χ1) is 7.39. The van der Waals surface area contributed by atoms with Crippen LogP contribution in [0.3, 0.4) is 0 Å². The van der Waals surface area contributed by atoms with Crippen molar-refractivity contribution in [2.45, 2.75) is 10.2 Å². The number of carboxylic acids is 1. The van der Waals surface area contributed by atoms with E-state index in [1.54, 1.807) is 0 Å². The van der Waals surface area contributed by atoms with Crippen LogP contribution >= 0.6 is 0 Å². The fourth-order valence-electron chi connectivity index (χ4n) is 0.944. The lowest BCUT2D eigenvalue weighted by atomic mass is 10.3. The summed E-state index contributed by atoms with van der Waals surface area (Å²) in [5, 5.41) is 3.91. The van der Waals surface area contributed by atoms with Crippen molar-refractivity contribution in [2.75, 3.05) is 7.11 Å². The maximum Gasteiger partial charge on any atom is 0.419 e. The molecule has 0 aromatic heterocycles. The van der Waals surface area contributed by atoms with Crippen molar-refractivity contribution in [2.24, 2.45) is 0 Å². The van der Waals surface area contributed by atoms with Gasteiger partial charge in [-0.25, -0.2) is 9.00 Å². The van der Waals surface area contributed by atoms with Crippen molar-refractivity contribution in [1.29, 1.82) is 0 Å². The monoisotopic (exact) mass is 250 g/mol. The Bertz CT molecular complexity index is 433. The van der Waals surface area contributed by atoms with Crippen LogP contribution in [0.1, 0.15) is 0 Å². The van der Waals surface area contributed by atoms with Crippen LogP contribution in [0, 0.1) is 0 Å². The van der Waals surface area contributed by atoms with Crippen molar-refractivity contribution < 1.29 is 27.6 Å². The Hall–Kier alpha value is -1.50. The Morgan fingerprint density at radius 2 is 2.12 bits per heavy atom. The maximum absolute atomic E-state index is 12.9. The number of aliphatic carboxylic acids is 1. The quantitative estimate of drug-likeness (QED) is 0.879. The van der Waals surface area contributed by atoms with Crippen molar-refractivity contribution in [3.05, 3.63) is 24.3 Å². The minimum atomic E-state index is -4.31. The SMILES string of the molecule is COc1cccc(S(=O)C(F)(F)C(=O)O)c1. The van der Waals surface area contributed by atoms with Crippen LogP contribution in [0.25, 0.3) is 0 Å². The number of ether oxygens (including phenoxy) is 1. The van der Waals surface area contributed by atoms with Crippen LogP contribution in [0.4, 0.5) is 8.78 Å². The Balaban J connectivity index is 3.10. The van der Waals surface area contributed by atoms with Gasteiger partial charge in [0.2, 0.25) is 0 Å². The number of benzene rings is 1. The number of carbonyl (C=O) groups is 1. The van der Waals surface area contributed by atoms with E-state index in [0.29, 0.717) is 0 Å². The smallest absolute Gasteiger partial charge is 0.419 e. The summed E-state index contributed by atoms with van der Waals surface area (Å²) in [5.41, 5.74) is 0. The van der Waals surface area contributed by atoms with Gasteiger partial charge >= 0.3 is 11.2 Å². The van der Waals surface area contributed by atoms with Crippen LogP contribution < -0.4 is 4.74 Å². The van der Waals surface area contributed by atoms with Gasteiger partial charge in [-0.1, -0.05) is 6.07 Å². The van der Waals surface area contributed by atoms with Crippen molar-refractivity contribution in [3.63, 3.8) is 0 Å².